The summed E-state index contributed by atoms with van der Waals surface area (Å²) in [7, 11) is 0. The molecule has 10 atom stereocenters. The van der Waals surface area contributed by atoms with Crippen LogP contribution in [0.3, 0.4) is 0 Å². The molecule has 67 heavy (non-hydrogen) atoms. The molecule has 2 amide bonds. The molecule has 0 aliphatic carbocycles. The van der Waals surface area contributed by atoms with Crippen molar-refractivity contribution in [3.05, 3.63) is 104 Å². The van der Waals surface area contributed by atoms with Crippen LogP contribution >= 0.6 is 0 Å². The highest BCUT2D eigenvalue weighted by atomic mass is 17.2. The molecule has 0 bridgehead atoms. The number of carbonyl (C=O) groups is 4. The van der Waals surface area contributed by atoms with Crippen LogP contribution in [0.1, 0.15) is 71.7 Å². The van der Waals surface area contributed by atoms with Crippen LogP contribution in [0.5, 0.6) is 0 Å². The molecule has 4 aliphatic rings. The van der Waals surface area contributed by atoms with Gasteiger partial charge in [-0.2, -0.15) is 0 Å². The van der Waals surface area contributed by atoms with Crippen molar-refractivity contribution in [3.8, 4) is 0 Å². The average molecular weight is 941 g/mol. The number of hydrogen-bond acceptors (Lipinski definition) is 18. The molecule has 364 valence electrons. The molecule has 0 aromatic carbocycles. The number of carbonyl (C=O) groups excluding carboxylic acids is 4. The first kappa shape index (κ1) is 50.8. The van der Waals surface area contributed by atoms with Gasteiger partial charge in [0.2, 0.25) is 12.6 Å². The lowest BCUT2D eigenvalue weighted by molar-refractivity contribution is -0.405. The van der Waals surface area contributed by atoms with Crippen LogP contribution < -0.4 is 10.6 Å². The average Bonchev–Trinajstić information content (AvgIpc) is 3.96. The van der Waals surface area contributed by atoms with Gasteiger partial charge in [0.05, 0.1) is 37.4 Å². The number of rotatable bonds is 18. The quantitative estimate of drug-likeness (QED) is 0.0624. The van der Waals surface area contributed by atoms with Crippen LogP contribution in [0.4, 0.5) is 0 Å². The highest BCUT2D eigenvalue weighted by Gasteiger charge is 2.46. The summed E-state index contributed by atoms with van der Waals surface area (Å²) in [6.07, 6.45) is -10.4. The van der Waals surface area contributed by atoms with E-state index in [0.717, 1.165) is 0 Å². The van der Waals surface area contributed by atoms with Gasteiger partial charge in [-0.3, -0.25) is 19.4 Å². The van der Waals surface area contributed by atoms with Gasteiger partial charge in [-0.1, -0.05) is 25.3 Å². The van der Waals surface area contributed by atoms with Crippen molar-refractivity contribution in [2.24, 2.45) is 0 Å². The predicted molar refractivity (Wildman–Crippen MR) is 230 cm³/mol. The smallest absolute Gasteiger partial charge is 0.342 e. The Morgan fingerprint density at radius 3 is 1.33 bits per heavy atom. The summed E-state index contributed by atoms with van der Waals surface area (Å²) in [5.41, 5.74) is 7.97. The summed E-state index contributed by atoms with van der Waals surface area (Å²) < 4.78 is 10.5. The van der Waals surface area contributed by atoms with Crippen LogP contribution in [-0.4, -0.2) is 149 Å². The maximum Gasteiger partial charge on any atom is 0.342 e. The molecule has 2 aromatic heterocycles. The van der Waals surface area contributed by atoms with Crippen molar-refractivity contribution >= 4 is 35.9 Å². The van der Waals surface area contributed by atoms with Crippen molar-refractivity contribution in [1.82, 2.24) is 20.6 Å². The van der Waals surface area contributed by atoms with Gasteiger partial charge < -0.3 is 70.9 Å². The molecule has 0 spiro atoms. The topological polar surface area (TPSA) is 341 Å². The minimum atomic E-state index is -1.82. The van der Waals surface area contributed by atoms with Gasteiger partial charge in [-0.05, 0) is 74.9 Å². The summed E-state index contributed by atoms with van der Waals surface area (Å²) in [5, 5.41) is 85.8. The van der Waals surface area contributed by atoms with Crippen LogP contribution in [0.25, 0.3) is 12.2 Å². The lowest BCUT2D eigenvalue weighted by Crippen LogP contribution is -2.59. The number of hydrogen-bond donors (Lipinski definition) is 12. The second-order valence-corrected chi connectivity index (χ2v) is 16.4. The predicted octanol–water partition coefficient (Wildman–Crippen LogP) is -1.09. The van der Waals surface area contributed by atoms with E-state index in [2.05, 4.69) is 33.8 Å². The molecule has 2 fully saturated rings. The first-order valence-electron chi connectivity index (χ1n) is 21.3. The van der Waals surface area contributed by atoms with Gasteiger partial charge in [-0.25, -0.2) is 9.59 Å². The molecule has 22 nitrogen and oxygen atoms in total. The number of allylic oxidation sites excluding steroid dienone is 2. The zero-order chi connectivity index (χ0) is 49.0. The molecule has 2 aromatic rings. The number of aliphatic hydroxyl groups is 8. The molecule has 2 saturated heterocycles. The van der Waals surface area contributed by atoms with E-state index in [-0.39, 0.29) is 43.9 Å². The van der Waals surface area contributed by atoms with Crippen LogP contribution in [-0.2, 0) is 67.5 Å². The maximum atomic E-state index is 13.1. The first-order valence-corrected chi connectivity index (χ1v) is 21.3. The Morgan fingerprint density at radius 1 is 0.612 bits per heavy atom. The number of aromatic nitrogens is 2. The molecule has 4 aliphatic heterocycles. The Morgan fingerprint density at radius 2 is 0.985 bits per heavy atom. The largest absolute Gasteiger partial charge is 0.394 e. The third-order valence-electron chi connectivity index (χ3n) is 12.2. The fourth-order valence-corrected chi connectivity index (χ4v) is 8.18. The molecular formula is C45H56N4O18. The van der Waals surface area contributed by atoms with Gasteiger partial charge in [-0.15, -0.1) is 9.78 Å². The molecular weight excluding hydrogens is 885 g/mol. The third kappa shape index (κ3) is 10.8. The SMILES string of the molecule is C=CC1=C(C)C(=O)N/C1=C\c1[nH]c(Cc2[nH]c(/C=C3\NC(=O)C(C)=C3C=C)c(C)c2CCC(=O)OO[C@@H]2O[C@H](CO)[C@@H](O)[C@H](O)[C@H]2O)c(CCC(=O)OO[C@@H]2O[C@H](CO)[C@@H](O)[C@H](O)[C@H]2O)c1C. The standard InChI is InChI=1S/C45H56N4O18/c1-7-22-20(5)42(60)48-28(22)13-26-18(3)24(9-11-34(52)64-66-44-40(58)38(56)36(54)32(16-50)62-44)30(46-26)15-31-25(19(4)27(47-31)14-29-23(8-2)21(6)43(61)49-29)10-12-35(53)65-67-45-41(59)39(57)37(55)33(17-51)63-45/h7-8,13-14,32-33,36-41,44-47,50-51,54-59H,1-2,9-12,15-17H2,3-6H3,(H,48,60)(H,49,61)/b28-13-,29-14-/t32-,33-,36-,37-,38+,39+,40-,41-,44+,45+/m1/s1. The van der Waals surface area contributed by atoms with Crippen molar-refractivity contribution in [1.29, 1.82) is 0 Å². The Labute approximate surface area is 383 Å². The molecule has 12 N–H and O–H groups in total. The van der Waals surface area contributed by atoms with E-state index in [4.69, 9.17) is 29.0 Å². The summed E-state index contributed by atoms with van der Waals surface area (Å²) >= 11 is 0. The minimum absolute atomic E-state index is 0.0413. The normalized spacial score (nSPS) is 28.9. The van der Waals surface area contributed by atoms with Crippen LogP contribution in [0, 0.1) is 13.8 Å². The molecule has 0 unspecified atom stereocenters. The van der Waals surface area contributed by atoms with Crippen molar-refractivity contribution < 1.29 is 89.1 Å². The Balaban J connectivity index is 1.30. The maximum absolute atomic E-state index is 13.1. The number of ether oxygens (including phenoxy) is 2. The summed E-state index contributed by atoms with van der Waals surface area (Å²) in [6.45, 7) is 13.2. The summed E-state index contributed by atoms with van der Waals surface area (Å²) in [4.78, 5) is 78.3. The summed E-state index contributed by atoms with van der Waals surface area (Å²) in [5.74, 6) is -2.43. The molecule has 22 heteroatoms. The number of H-pyrrole nitrogens is 2. The molecule has 6 rings (SSSR count). The first-order chi connectivity index (χ1) is 31.8. The van der Waals surface area contributed by atoms with Gasteiger partial charge in [0.1, 0.15) is 48.8 Å². The number of aromatic amines is 2. The highest BCUT2D eigenvalue weighted by molar-refractivity contribution is 6.02. The minimum Gasteiger partial charge on any atom is -0.394 e. The van der Waals surface area contributed by atoms with Crippen LogP contribution in [0.15, 0.2) is 59.0 Å². The number of aliphatic hydroxyl groups excluding tert-OH is 8. The van der Waals surface area contributed by atoms with E-state index in [1.807, 2.05) is 0 Å². The lowest BCUT2D eigenvalue weighted by Gasteiger charge is -2.38. The van der Waals surface area contributed by atoms with Gasteiger partial charge in [0.25, 0.3) is 11.8 Å². The van der Waals surface area contributed by atoms with E-state index in [1.54, 1.807) is 52.0 Å². The zero-order valence-electron chi connectivity index (χ0n) is 37.1. The van der Waals surface area contributed by atoms with E-state index >= 15 is 0 Å². The number of nitrogens with one attached hydrogen (secondary N) is 4. The van der Waals surface area contributed by atoms with E-state index < -0.39 is 86.6 Å². The summed E-state index contributed by atoms with van der Waals surface area (Å²) in [6, 6.07) is 0. The molecule has 0 radical (unpaired) electrons. The zero-order valence-corrected chi connectivity index (χ0v) is 37.1. The van der Waals surface area contributed by atoms with E-state index in [1.165, 1.54) is 0 Å². The van der Waals surface area contributed by atoms with E-state index in [9.17, 15) is 60.0 Å². The third-order valence-corrected chi connectivity index (χ3v) is 12.2. The van der Waals surface area contributed by atoms with E-state index in [0.29, 0.717) is 78.7 Å². The fraction of sp³-hybridized carbons (Fsp3) is 0.467. The monoisotopic (exact) mass is 940 g/mol. The van der Waals surface area contributed by atoms with Gasteiger partial charge >= 0.3 is 11.9 Å². The van der Waals surface area contributed by atoms with Crippen molar-refractivity contribution in [2.75, 3.05) is 13.2 Å². The Hall–Kier alpha value is -5.60. The van der Waals surface area contributed by atoms with Gasteiger partial charge in [0.15, 0.2) is 0 Å². The lowest BCUT2D eigenvalue weighted by atomic mass is 9.98. The van der Waals surface area contributed by atoms with Crippen molar-refractivity contribution in [2.45, 2.75) is 121 Å². The second kappa shape index (κ2) is 21.6. The molecule has 0 saturated carbocycles. The highest BCUT2D eigenvalue weighted by Crippen LogP contribution is 2.33. The van der Waals surface area contributed by atoms with Crippen molar-refractivity contribution in [3.63, 3.8) is 0 Å². The second-order valence-electron chi connectivity index (χ2n) is 16.4. The van der Waals surface area contributed by atoms with Crippen LogP contribution in [0.2, 0.25) is 0 Å². The van der Waals surface area contributed by atoms with Gasteiger partial charge in [0, 0.05) is 51.5 Å². The molecule has 6 heterocycles. The fourth-order valence-electron chi connectivity index (χ4n) is 8.18. The number of amides is 2. The Kier molecular flexibility index (Phi) is 16.4. The Bertz CT molecular complexity index is 2230.